The highest BCUT2D eigenvalue weighted by atomic mass is 16.5. The molecule has 2 atom stereocenters. The maximum atomic E-state index is 6.39. The maximum absolute atomic E-state index is 6.39. The molecule has 0 radical (unpaired) electrons. The highest BCUT2D eigenvalue weighted by Crippen LogP contribution is 2.44. The van der Waals surface area contributed by atoms with Crippen molar-refractivity contribution in [3.63, 3.8) is 0 Å². The minimum absolute atomic E-state index is 0.0246. The van der Waals surface area contributed by atoms with Crippen LogP contribution in [0.5, 0.6) is 11.5 Å². The second-order valence-electron chi connectivity index (χ2n) is 5.61. The molecule has 112 valence electrons. The van der Waals surface area contributed by atoms with Gasteiger partial charge in [-0.25, -0.2) is 0 Å². The second kappa shape index (κ2) is 6.49. The first kappa shape index (κ1) is 15.2. The maximum Gasteiger partial charge on any atom is 0.125 e. The van der Waals surface area contributed by atoms with Gasteiger partial charge in [0, 0.05) is 18.0 Å². The van der Waals surface area contributed by atoms with Crippen LogP contribution < -0.4 is 14.8 Å². The van der Waals surface area contributed by atoms with Gasteiger partial charge in [0.1, 0.15) is 17.1 Å². The van der Waals surface area contributed by atoms with Crippen LogP contribution in [0.2, 0.25) is 0 Å². The van der Waals surface area contributed by atoms with Crippen molar-refractivity contribution in [2.24, 2.45) is 0 Å². The van der Waals surface area contributed by atoms with Gasteiger partial charge in [-0.2, -0.15) is 0 Å². The molecule has 2 unspecified atom stereocenters. The van der Waals surface area contributed by atoms with Crippen LogP contribution in [0.25, 0.3) is 0 Å². The van der Waals surface area contributed by atoms with Gasteiger partial charge in [-0.15, -0.1) is 0 Å². The topological polar surface area (TPSA) is 30.5 Å². The molecule has 0 amide bonds. The van der Waals surface area contributed by atoms with Gasteiger partial charge in [0.25, 0.3) is 0 Å². The lowest BCUT2D eigenvalue weighted by atomic mass is 9.82. The molecule has 0 saturated heterocycles. The van der Waals surface area contributed by atoms with E-state index in [4.69, 9.17) is 9.47 Å². The SMILES string of the molecule is CCCC1(CC)CC(NCC)c2cc(OC)ccc2O1. The molecule has 0 fully saturated rings. The molecule has 0 saturated carbocycles. The minimum Gasteiger partial charge on any atom is -0.497 e. The molecule has 0 aliphatic carbocycles. The molecule has 3 nitrogen and oxygen atoms in total. The summed E-state index contributed by atoms with van der Waals surface area (Å²) in [6, 6.07) is 6.50. The standard InChI is InChI=1S/C17H27NO2/c1-5-10-17(6-2)12-15(18-7-3)14-11-13(19-4)8-9-16(14)20-17/h8-9,11,15,18H,5-7,10,12H2,1-4H3. The van der Waals surface area contributed by atoms with Gasteiger partial charge in [-0.05, 0) is 37.6 Å². The summed E-state index contributed by atoms with van der Waals surface area (Å²) >= 11 is 0. The minimum atomic E-state index is -0.0246. The highest BCUT2D eigenvalue weighted by molar-refractivity contribution is 5.44. The Kier molecular flexibility index (Phi) is 4.92. The zero-order chi connectivity index (χ0) is 14.6. The van der Waals surface area contributed by atoms with E-state index in [9.17, 15) is 0 Å². The first-order chi connectivity index (χ1) is 9.68. The van der Waals surface area contributed by atoms with E-state index < -0.39 is 0 Å². The van der Waals surface area contributed by atoms with Crippen molar-refractivity contribution in [2.45, 2.75) is 58.1 Å². The van der Waals surface area contributed by atoms with Gasteiger partial charge in [0.15, 0.2) is 0 Å². The van der Waals surface area contributed by atoms with Crippen molar-refractivity contribution in [3.05, 3.63) is 23.8 Å². The molecule has 1 aromatic rings. The van der Waals surface area contributed by atoms with Crippen LogP contribution in [-0.4, -0.2) is 19.3 Å². The van der Waals surface area contributed by atoms with Gasteiger partial charge >= 0.3 is 0 Å². The Morgan fingerprint density at radius 2 is 2.15 bits per heavy atom. The lowest BCUT2D eigenvalue weighted by Gasteiger charge is -2.42. The van der Waals surface area contributed by atoms with Crippen molar-refractivity contribution in [3.8, 4) is 11.5 Å². The van der Waals surface area contributed by atoms with E-state index in [0.717, 1.165) is 43.7 Å². The fourth-order valence-electron chi connectivity index (χ4n) is 3.21. The Morgan fingerprint density at radius 3 is 2.75 bits per heavy atom. The largest absolute Gasteiger partial charge is 0.497 e. The summed E-state index contributed by atoms with van der Waals surface area (Å²) in [7, 11) is 1.71. The summed E-state index contributed by atoms with van der Waals surface area (Å²) in [4.78, 5) is 0. The predicted molar refractivity (Wildman–Crippen MR) is 82.6 cm³/mol. The van der Waals surface area contributed by atoms with Crippen LogP contribution >= 0.6 is 0 Å². The number of rotatable bonds is 6. The molecule has 0 aromatic heterocycles. The third-order valence-corrected chi connectivity index (χ3v) is 4.30. The summed E-state index contributed by atoms with van der Waals surface area (Å²) < 4.78 is 11.7. The molecule has 0 bridgehead atoms. The number of ether oxygens (including phenoxy) is 2. The van der Waals surface area contributed by atoms with Crippen LogP contribution in [0.1, 0.15) is 58.1 Å². The number of methoxy groups -OCH3 is 1. The van der Waals surface area contributed by atoms with Gasteiger partial charge < -0.3 is 14.8 Å². The molecule has 3 heteroatoms. The van der Waals surface area contributed by atoms with Crippen molar-refractivity contribution in [1.82, 2.24) is 5.32 Å². The van der Waals surface area contributed by atoms with Crippen molar-refractivity contribution < 1.29 is 9.47 Å². The van der Waals surface area contributed by atoms with Gasteiger partial charge in [-0.3, -0.25) is 0 Å². The normalized spacial score (nSPS) is 24.9. The smallest absolute Gasteiger partial charge is 0.125 e. The van der Waals surface area contributed by atoms with E-state index >= 15 is 0 Å². The molecule has 20 heavy (non-hydrogen) atoms. The molecule has 1 aromatic carbocycles. The summed E-state index contributed by atoms with van der Waals surface area (Å²) in [6.07, 6.45) is 4.34. The van der Waals surface area contributed by atoms with Crippen LogP contribution in [0.4, 0.5) is 0 Å². The molecule has 1 N–H and O–H groups in total. The molecule has 1 aliphatic heterocycles. The van der Waals surface area contributed by atoms with Crippen molar-refractivity contribution in [1.29, 1.82) is 0 Å². The molecular formula is C17H27NO2. The van der Waals surface area contributed by atoms with E-state index in [0.29, 0.717) is 6.04 Å². The van der Waals surface area contributed by atoms with Gasteiger partial charge in [0.2, 0.25) is 0 Å². The third kappa shape index (κ3) is 2.93. The molecule has 1 heterocycles. The third-order valence-electron chi connectivity index (χ3n) is 4.30. The van der Waals surface area contributed by atoms with E-state index in [1.807, 2.05) is 6.07 Å². The van der Waals surface area contributed by atoms with E-state index in [2.05, 4.69) is 38.2 Å². The summed E-state index contributed by atoms with van der Waals surface area (Å²) in [5.41, 5.74) is 1.20. The van der Waals surface area contributed by atoms with Crippen molar-refractivity contribution in [2.75, 3.05) is 13.7 Å². The highest BCUT2D eigenvalue weighted by Gasteiger charge is 2.38. The Morgan fingerprint density at radius 1 is 1.35 bits per heavy atom. The van der Waals surface area contributed by atoms with Gasteiger partial charge in [0.05, 0.1) is 7.11 Å². The van der Waals surface area contributed by atoms with E-state index in [1.54, 1.807) is 7.11 Å². The average molecular weight is 277 g/mol. The zero-order valence-electron chi connectivity index (χ0n) is 13.2. The van der Waals surface area contributed by atoms with Crippen molar-refractivity contribution >= 4 is 0 Å². The van der Waals surface area contributed by atoms with E-state index in [-0.39, 0.29) is 5.60 Å². The van der Waals surface area contributed by atoms with Gasteiger partial charge in [-0.1, -0.05) is 27.2 Å². The molecule has 1 aliphatic rings. The lowest BCUT2D eigenvalue weighted by molar-refractivity contribution is 0.0179. The molecular weight excluding hydrogens is 250 g/mol. The summed E-state index contributed by atoms with van der Waals surface area (Å²) in [5, 5.41) is 3.60. The van der Waals surface area contributed by atoms with Crippen LogP contribution in [0, 0.1) is 0 Å². The fourth-order valence-corrected chi connectivity index (χ4v) is 3.21. The fraction of sp³-hybridized carbons (Fsp3) is 0.647. The number of benzene rings is 1. The van der Waals surface area contributed by atoms with E-state index in [1.165, 1.54) is 5.56 Å². The Labute approximate surface area is 122 Å². The number of fused-ring (bicyclic) bond motifs is 1. The van der Waals surface area contributed by atoms with Crippen LogP contribution in [0.15, 0.2) is 18.2 Å². The Balaban J connectivity index is 2.37. The molecule has 2 rings (SSSR count). The predicted octanol–water partition coefficient (Wildman–Crippen LogP) is 4.08. The summed E-state index contributed by atoms with van der Waals surface area (Å²) in [5.74, 6) is 1.91. The van der Waals surface area contributed by atoms with Crippen LogP contribution in [0.3, 0.4) is 0 Å². The monoisotopic (exact) mass is 277 g/mol. The second-order valence-corrected chi connectivity index (χ2v) is 5.61. The lowest BCUT2D eigenvalue weighted by Crippen LogP contribution is -2.43. The number of hydrogen-bond donors (Lipinski definition) is 1. The Bertz CT molecular complexity index is 447. The summed E-state index contributed by atoms with van der Waals surface area (Å²) in [6.45, 7) is 7.58. The first-order valence-corrected chi connectivity index (χ1v) is 7.78. The zero-order valence-corrected chi connectivity index (χ0v) is 13.2. The molecule has 0 spiro atoms. The first-order valence-electron chi connectivity index (χ1n) is 7.78. The number of hydrogen-bond acceptors (Lipinski definition) is 3. The number of nitrogens with one attached hydrogen (secondary N) is 1. The Hall–Kier alpha value is -1.22. The average Bonchev–Trinajstić information content (AvgIpc) is 2.47. The van der Waals surface area contributed by atoms with Crippen LogP contribution in [-0.2, 0) is 0 Å². The quantitative estimate of drug-likeness (QED) is 0.850.